The van der Waals surface area contributed by atoms with Crippen molar-refractivity contribution in [3.8, 4) is 0 Å². The monoisotopic (exact) mass is 414 g/mol. The van der Waals surface area contributed by atoms with Gasteiger partial charge in [-0.2, -0.15) is 0 Å². The molecule has 1 aliphatic rings. The maximum Gasteiger partial charge on any atom is 0.311 e. The van der Waals surface area contributed by atoms with Gasteiger partial charge in [-0.3, -0.25) is 14.4 Å². The third kappa shape index (κ3) is 5.57. The lowest BCUT2D eigenvalue weighted by Gasteiger charge is -2.25. The van der Waals surface area contributed by atoms with Gasteiger partial charge in [-0.15, -0.1) is 0 Å². The van der Waals surface area contributed by atoms with Crippen molar-refractivity contribution >= 4 is 29.4 Å². The van der Waals surface area contributed by atoms with Gasteiger partial charge in [-0.05, 0) is 30.2 Å². The van der Waals surface area contributed by atoms with Crippen LogP contribution in [0.2, 0.25) is 5.02 Å². The summed E-state index contributed by atoms with van der Waals surface area (Å²) in [5, 5.41) is 3.31. The van der Waals surface area contributed by atoms with E-state index in [1.165, 1.54) is 0 Å². The van der Waals surface area contributed by atoms with Crippen LogP contribution in [0.1, 0.15) is 30.5 Å². The summed E-state index contributed by atoms with van der Waals surface area (Å²) in [4.78, 5) is 38.3. The fourth-order valence-electron chi connectivity index (χ4n) is 3.28. The Hall–Kier alpha value is -2.86. The molecule has 1 aliphatic heterocycles. The smallest absolute Gasteiger partial charge is 0.311 e. The molecular formula is C22H23ClN2O4. The van der Waals surface area contributed by atoms with Gasteiger partial charge in [0.1, 0.15) is 0 Å². The number of halogens is 1. The zero-order valence-electron chi connectivity index (χ0n) is 16.1. The van der Waals surface area contributed by atoms with Crippen LogP contribution in [0.4, 0.5) is 0 Å². The lowest BCUT2D eigenvalue weighted by molar-refractivity contribution is -0.152. The molecule has 29 heavy (non-hydrogen) atoms. The number of benzene rings is 2. The molecule has 152 valence electrons. The van der Waals surface area contributed by atoms with E-state index in [1.807, 2.05) is 37.3 Å². The summed E-state index contributed by atoms with van der Waals surface area (Å²) in [6.07, 6.45) is 0.0996. The lowest BCUT2D eigenvalue weighted by Crippen LogP contribution is -2.32. The number of ether oxygens (including phenoxy) is 1. The first kappa shape index (κ1) is 20.9. The molecule has 6 nitrogen and oxygen atoms in total. The highest BCUT2D eigenvalue weighted by molar-refractivity contribution is 6.30. The predicted octanol–water partition coefficient (Wildman–Crippen LogP) is 3.11. The molecule has 1 N–H and O–H groups in total. The minimum atomic E-state index is -0.558. The summed E-state index contributed by atoms with van der Waals surface area (Å²) >= 11 is 5.82. The van der Waals surface area contributed by atoms with Gasteiger partial charge in [0.15, 0.2) is 6.61 Å². The Morgan fingerprint density at radius 2 is 1.86 bits per heavy atom. The maximum atomic E-state index is 12.4. The molecule has 2 atom stereocenters. The maximum absolute atomic E-state index is 12.4. The van der Waals surface area contributed by atoms with E-state index >= 15 is 0 Å². The Balaban J connectivity index is 1.45. The van der Waals surface area contributed by atoms with E-state index in [-0.39, 0.29) is 25.0 Å². The second-order valence-electron chi connectivity index (χ2n) is 7.04. The molecule has 2 aromatic carbocycles. The predicted molar refractivity (Wildman–Crippen MR) is 109 cm³/mol. The van der Waals surface area contributed by atoms with E-state index in [0.29, 0.717) is 18.1 Å². The standard InChI is InChI=1S/C22H23ClN2O4/c1-15(17-5-3-2-4-6-17)25-13-18(11-21(25)27)22(28)29-14-20(26)24-12-16-7-9-19(23)10-8-16/h2-10,15,18H,11-14H2,1H3,(H,24,26)/t15-,18+/m0/s1. The number of amides is 2. The first-order valence-corrected chi connectivity index (χ1v) is 9.84. The van der Waals surface area contributed by atoms with Gasteiger partial charge in [-0.1, -0.05) is 54.1 Å². The molecule has 1 fully saturated rings. The Kier molecular flexibility index (Phi) is 6.88. The van der Waals surface area contributed by atoms with Crippen LogP contribution in [0.3, 0.4) is 0 Å². The summed E-state index contributed by atoms with van der Waals surface area (Å²) in [5.41, 5.74) is 1.90. The summed E-state index contributed by atoms with van der Waals surface area (Å²) in [6.45, 7) is 2.18. The van der Waals surface area contributed by atoms with Crippen molar-refractivity contribution in [2.45, 2.75) is 25.9 Å². The van der Waals surface area contributed by atoms with Gasteiger partial charge in [0.05, 0.1) is 12.0 Å². The number of hydrogen-bond acceptors (Lipinski definition) is 4. The Morgan fingerprint density at radius 1 is 1.17 bits per heavy atom. The van der Waals surface area contributed by atoms with Crippen molar-refractivity contribution in [1.82, 2.24) is 10.2 Å². The normalized spacial score (nSPS) is 17.1. The fraction of sp³-hybridized carbons (Fsp3) is 0.318. The van der Waals surface area contributed by atoms with Crippen LogP contribution >= 0.6 is 11.6 Å². The van der Waals surface area contributed by atoms with E-state index in [0.717, 1.165) is 11.1 Å². The number of nitrogens with zero attached hydrogens (tertiary/aromatic N) is 1. The summed E-state index contributed by atoms with van der Waals surface area (Å²) in [5.74, 6) is -1.57. The van der Waals surface area contributed by atoms with E-state index < -0.39 is 17.8 Å². The van der Waals surface area contributed by atoms with Crippen LogP contribution in [0.5, 0.6) is 0 Å². The van der Waals surface area contributed by atoms with Crippen LogP contribution < -0.4 is 5.32 Å². The minimum absolute atomic E-state index is 0.0875. The first-order valence-electron chi connectivity index (χ1n) is 9.46. The van der Waals surface area contributed by atoms with Gasteiger partial charge >= 0.3 is 5.97 Å². The van der Waals surface area contributed by atoms with Crippen molar-refractivity contribution in [2.75, 3.05) is 13.2 Å². The number of carbonyl (C=O) groups excluding carboxylic acids is 3. The molecule has 2 aromatic rings. The molecule has 0 radical (unpaired) electrons. The minimum Gasteiger partial charge on any atom is -0.455 e. The van der Waals surface area contributed by atoms with E-state index in [1.54, 1.807) is 29.2 Å². The van der Waals surface area contributed by atoms with E-state index in [9.17, 15) is 14.4 Å². The van der Waals surface area contributed by atoms with Gasteiger partial charge in [0, 0.05) is 24.5 Å². The van der Waals surface area contributed by atoms with Crippen LogP contribution in [0.25, 0.3) is 0 Å². The second-order valence-corrected chi connectivity index (χ2v) is 7.48. The lowest BCUT2D eigenvalue weighted by atomic mass is 10.1. The van der Waals surface area contributed by atoms with Crippen LogP contribution in [-0.4, -0.2) is 35.8 Å². The van der Waals surface area contributed by atoms with Crippen molar-refractivity contribution in [2.24, 2.45) is 5.92 Å². The highest BCUT2D eigenvalue weighted by Gasteiger charge is 2.38. The van der Waals surface area contributed by atoms with Crippen molar-refractivity contribution in [3.63, 3.8) is 0 Å². The number of esters is 1. The summed E-state index contributed by atoms with van der Waals surface area (Å²) < 4.78 is 5.13. The summed E-state index contributed by atoms with van der Waals surface area (Å²) in [7, 11) is 0. The molecule has 0 bridgehead atoms. The molecule has 0 spiro atoms. The van der Waals surface area contributed by atoms with Gasteiger partial charge < -0.3 is 15.0 Å². The average molecular weight is 415 g/mol. The summed E-state index contributed by atoms with van der Waals surface area (Å²) in [6, 6.07) is 16.6. The largest absolute Gasteiger partial charge is 0.455 e. The molecule has 0 aromatic heterocycles. The molecule has 1 saturated heterocycles. The zero-order valence-corrected chi connectivity index (χ0v) is 16.9. The number of carbonyl (C=O) groups is 3. The molecule has 7 heteroatoms. The first-order chi connectivity index (χ1) is 13.9. The fourth-order valence-corrected chi connectivity index (χ4v) is 3.41. The number of hydrogen-bond donors (Lipinski definition) is 1. The average Bonchev–Trinajstić information content (AvgIpc) is 3.13. The zero-order chi connectivity index (χ0) is 20.8. The van der Waals surface area contributed by atoms with Gasteiger partial charge in [0.25, 0.3) is 5.91 Å². The molecule has 3 rings (SSSR count). The molecular weight excluding hydrogens is 392 g/mol. The van der Waals surface area contributed by atoms with Crippen LogP contribution in [0, 0.1) is 5.92 Å². The highest BCUT2D eigenvalue weighted by atomic mass is 35.5. The van der Waals surface area contributed by atoms with Crippen molar-refractivity contribution in [3.05, 3.63) is 70.7 Å². The Labute approximate surface area is 174 Å². The third-order valence-corrected chi connectivity index (χ3v) is 5.24. The van der Waals surface area contributed by atoms with E-state index in [2.05, 4.69) is 5.32 Å². The number of rotatable bonds is 7. The SMILES string of the molecule is C[C@@H](c1ccccc1)N1C[C@H](C(=O)OCC(=O)NCc2ccc(Cl)cc2)CC1=O. The molecule has 0 aliphatic carbocycles. The topological polar surface area (TPSA) is 75.7 Å². The third-order valence-electron chi connectivity index (χ3n) is 4.99. The van der Waals surface area contributed by atoms with Crippen LogP contribution in [-0.2, 0) is 25.7 Å². The number of likely N-dealkylation sites (tertiary alicyclic amines) is 1. The van der Waals surface area contributed by atoms with Gasteiger partial charge in [0.2, 0.25) is 5.91 Å². The number of nitrogens with one attached hydrogen (secondary N) is 1. The molecule has 0 unspecified atom stereocenters. The molecule has 2 amide bonds. The van der Waals surface area contributed by atoms with Crippen LogP contribution in [0.15, 0.2) is 54.6 Å². The Bertz CT molecular complexity index is 870. The van der Waals surface area contributed by atoms with Gasteiger partial charge in [-0.25, -0.2) is 0 Å². The molecule has 1 heterocycles. The quantitative estimate of drug-likeness (QED) is 0.706. The Morgan fingerprint density at radius 3 is 2.55 bits per heavy atom. The van der Waals surface area contributed by atoms with Crippen molar-refractivity contribution in [1.29, 1.82) is 0 Å². The second kappa shape index (κ2) is 9.56. The van der Waals surface area contributed by atoms with Crippen molar-refractivity contribution < 1.29 is 19.1 Å². The molecule has 0 saturated carbocycles. The highest BCUT2D eigenvalue weighted by Crippen LogP contribution is 2.28. The van der Waals surface area contributed by atoms with E-state index in [4.69, 9.17) is 16.3 Å².